The van der Waals surface area contributed by atoms with Crippen LogP contribution in [0.1, 0.15) is 47.5 Å². The van der Waals surface area contributed by atoms with Crippen LogP contribution in [0.3, 0.4) is 0 Å². The average Bonchev–Trinajstić information content (AvgIpc) is 3.22. The van der Waals surface area contributed by atoms with Gasteiger partial charge in [0.05, 0.1) is 17.7 Å². The number of rotatable bonds is 6. The number of amides is 1. The van der Waals surface area contributed by atoms with Gasteiger partial charge in [-0.15, -0.1) is 11.3 Å². The molecule has 2 heterocycles. The fraction of sp³-hybridized carbons (Fsp3) is 0.409. The van der Waals surface area contributed by atoms with Gasteiger partial charge in [-0.3, -0.25) is 9.36 Å². The summed E-state index contributed by atoms with van der Waals surface area (Å²) in [5, 5.41) is 3.43. The van der Waals surface area contributed by atoms with Crippen molar-refractivity contribution in [2.45, 2.75) is 46.1 Å². The zero-order valence-corrected chi connectivity index (χ0v) is 17.8. The molecule has 1 aliphatic carbocycles. The lowest BCUT2D eigenvalue weighted by Gasteiger charge is -2.18. The van der Waals surface area contributed by atoms with E-state index in [9.17, 15) is 14.4 Å². The Hall–Kier alpha value is -2.87. The predicted octanol–water partition coefficient (Wildman–Crippen LogP) is 3.99. The molecule has 30 heavy (non-hydrogen) atoms. The van der Waals surface area contributed by atoms with Crippen LogP contribution >= 0.6 is 11.3 Å². The summed E-state index contributed by atoms with van der Waals surface area (Å²) in [5.74, 6) is -0.589. The van der Waals surface area contributed by atoms with Crippen LogP contribution in [0.2, 0.25) is 0 Å². The Balaban J connectivity index is 1.53. The number of aryl methyl sites for hydroxylation is 1. The molecule has 1 atom stereocenters. The summed E-state index contributed by atoms with van der Waals surface area (Å²) >= 11 is 1.46. The lowest BCUT2D eigenvalue weighted by molar-refractivity contribution is -0.116. The standard InChI is InChI=1S/C22H24N2O5S/c1-3-28-21(26)19-14-9-8-13(2)12-17(14)30-20(19)23-18(25)10-11-24-15-6-4-5-7-16(15)29-22(24)27/h4-7,13H,3,8-12H2,1-2H3,(H,23,25). The highest BCUT2D eigenvalue weighted by Gasteiger charge is 2.29. The van der Waals surface area contributed by atoms with Crippen molar-refractivity contribution in [3.63, 3.8) is 0 Å². The Bertz CT molecular complexity index is 1160. The number of para-hydroxylation sites is 2. The van der Waals surface area contributed by atoms with Gasteiger partial charge < -0.3 is 14.5 Å². The fourth-order valence-electron chi connectivity index (χ4n) is 3.89. The van der Waals surface area contributed by atoms with Gasteiger partial charge in [0.25, 0.3) is 0 Å². The molecule has 158 valence electrons. The SMILES string of the molecule is CCOC(=O)c1c(NC(=O)CCn2c(=O)oc3ccccc32)sc2c1CCC(C)C2. The monoisotopic (exact) mass is 428 g/mol. The molecule has 7 nitrogen and oxygen atoms in total. The number of anilines is 1. The summed E-state index contributed by atoms with van der Waals surface area (Å²) in [4.78, 5) is 38.5. The van der Waals surface area contributed by atoms with Crippen LogP contribution in [0.5, 0.6) is 0 Å². The molecule has 1 unspecified atom stereocenters. The van der Waals surface area contributed by atoms with Crippen LogP contribution < -0.4 is 11.1 Å². The topological polar surface area (TPSA) is 90.5 Å². The molecular weight excluding hydrogens is 404 g/mol. The Morgan fingerprint density at radius 1 is 1.33 bits per heavy atom. The summed E-state index contributed by atoms with van der Waals surface area (Å²) in [7, 11) is 0. The number of nitrogens with zero attached hydrogens (tertiary/aromatic N) is 1. The molecule has 1 aromatic carbocycles. The van der Waals surface area contributed by atoms with Gasteiger partial charge >= 0.3 is 11.7 Å². The van der Waals surface area contributed by atoms with E-state index in [0.717, 1.165) is 29.7 Å². The van der Waals surface area contributed by atoms with Crippen molar-refractivity contribution in [2.75, 3.05) is 11.9 Å². The molecule has 1 amide bonds. The van der Waals surface area contributed by atoms with Gasteiger partial charge in [0.15, 0.2) is 5.58 Å². The van der Waals surface area contributed by atoms with E-state index in [-0.39, 0.29) is 25.5 Å². The van der Waals surface area contributed by atoms with Crippen molar-refractivity contribution < 1.29 is 18.7 Å². The van der Waals surface area contributed by atoms with E-state index in [0.29, 0.717) is 27.6 Å². The molecule has 4 rings (SSSR count). The molecule has 2 aromatic heterocycles. The molecule has 0 bridgehead atoms. The van der Waals surface area contributed by atoms with Crippen LogP contribution in [-0.4, -0.2) is 23.1 Å². The number of nitrogens with one attached hydrogen (secondary N) is 1. The zero-order chi connectivity index (χ0) is 21.3. The van der Waals surface area contributed by atoms with E-state index in [1.54, 1.807) is 25.1 Å². The van der Waals surface area contributed by atoms with Gasteiger partial charge in [-0.2, -0.15) is 0 Å². The second-order valence-electron chi connectivity index (χ2n) is 7.56. The molecule has 3 aromatic rings. The Morgan fingerprint density at radius 2 is 2.13 bits per heavy atom. The van der Waals surface area contributed by atoms with Gasteiger partial charge in [0.2, 0.25) is 5.91 Å². The highest BCUT2D eigenvalue weighted by molar-refractivity contribution is 7.17. The van der Waals surface area contributed by atoms with Crippen LogP contribution in [0.15, 0.2) is 33.5 Å². The first kappa shape index (κ1) is 20.4. The van der Waals surface area contributed by atoms with Gasteiger partial charge in [-0.05, 0) is 49.8 Å². The maximum Gasteiger partial charge on any atom is 0.419 e. The van der Waals surface area contributed by atoms with Crippen LogP contribution in [0, 0.1) is 5.92 Å². The van der Waals surface area contributed by atoms with E-state index in [4.69, 9.17) is 9.15 Å². The number of hydrogen-bond donors (Lipinski definition) is 1. The van der Waals surface area contributed by atoms with Crippen molar-refractivity contribution in [3.8, 4) is 0 Å². The van der Waals surface area contributed by atoms with Crippen molar-refractivity contribution in [2.24, 2.45) is 5.92 Å². The number of aromatic nitrogens is 1. The minimum Gasteiger partial charge on any atom is -0.462 e. The highest BCUT2D eigenvalue weighted by atomic mass is 32.1. The third kappa shape index (κ3) is 3.92. The van der Waals surface area contributed by atoms with Gasteiger partial charge in [-0.1, -0.05) is 19.1 Å². The second-order valence-corrected chi connectivity index (χ2v) is 8.67. The first-order chi connectivity index (χ1) is 14.5. The zero-order valence-electron chi connectivity index (χ0n) is 17.0. The Labute approximate surface area is 177 Å². The lowest BCUT2D eigenvalue weighted by atomic mass is 9.88. The number of benzene rings is 1. The number of ether oxygens (including phenoxy) is 1. The van der Waals surface area contributed by atoms with Crippen LogP contribution in [-0.2, 0) is 28.9 Å². The van der Waals surface area contributed by atoms with Crippen molar-refractivity contribution in [1.29, 1.82) is 0 Å². The fourth-order valence-corrected chi connectivity index (χ4v) is 5.30. The van der Waals surface area contributed by atoms with Crippen LogP contribution in [0.4, 0.5) is 5.00 Å². The number of hydrogen-bond acceptors (Lipinski definition) is 6. The number of oxazole rings is 1. The third-order valence-corrected chi connectivity index (χ3v) is 6.55. The summed E-state index contributed by atoms with van der Waals surface area (Å²) in [6.45, 7) is 4.43. The Kier molecular flexibility index (Phi) is 5.76. The molecule has 0 aliphatic heterocycles. The molecular formula is C22H24N2O5S. The Morgan fingerprint density at radius 3 is 2.93 bits per heavy atom. The first-order valence-electron chi connectivity index (χ1n) is 10.2. The molecule has 0 saturated heterocycles. The lowest BCUT2D eigenvalue weighted by Crippen LogP contribution is -2.20. The van der Waals surface area contributed by atoms with Crippen molar-refractivity contribution in [1.82, 2.24) is 4.57 Å². The normalized spacial score (nSPS) is 15.7. The number of carbonyl (C=O) groups is 2. The molecule has 0 radical (unpaired) electrons. The third-order valence-electron chi connectivity index (χ3n) is 5.38. The van der Waals surface area contributed by atoms with Gasteiger partial charge in [0.1, 0.15) is 5.00 Å². The minimum absolute atomic E-state index is 0.0880. The second kappa shape index (κ2) is 8.47. The first-order valence-corrected chi connectivity index (χ1v) is 11.0. The smallest absolute Gasteiger partial charge is 0.419 e. The number of esters is 1. The number of fused-ring (bicyclic) bond motifs is 2. The van der Waals surface area contributed by atoms with E-state index in [1.807, 2.05) is 6.07 Å². The molecule has 0 saturated carbocycles. The van der Waals surface area contributed by atoms with Crippen molar-refractivity contribution in [3.05, 3.63) is 50.8 Å². The number of carbonyl (C=O) groups excluding carboxylic acids is 2. The number of thiophene rings is 1. The average molecular weight is 429 g/mol. The van der Waals surface area contributed by atoms with Crippen LogP contribution in [0.25, 0.3) is 11.1 Å². The molecule has 0 spiro atoms. The quantitative estimate of drug-likeness (QED) is 0.600. The summed E-state index contributed by atoms with van der Waals surface area (Å²) in [6, 6.07) is 7.11. The summed E-state index contributed by atoms with van der Waals surface area (Å²) < 4.78 is 11.9. The highest BCUT2D eigenvalue weighted by Crippen LogP contribution is 2.40. The minimum atomic E-state index is -0.489. The van der Waals surface area contributed by atoms with Crippen molar-refractivity contribution >= 4 is 39.3 Å². The summed E-state index contributed by atoms with van der Waals surface area (Å²) in [5.41, 5.74) is 2.64. The van der Waals surface area contributed by atoms with E-state index < -0.39 is 11.7 Å². The van der Waals surface area contributed by atoms with Gasteiger partial charge in [0, 0.05) is 17.8 Å². The molecule has 1 aliphatic rings. The molecule has 0 fully saturated rings. The maximum absolute atomic E-state index is 12.7. The largest absolute Gasteiger partial charge is 0.462 e. The van der Waals surface area contributed by atoms with Gasteiger partial charge in [-0.25, -0.2) is 9.59 Å². The molecule has 8 heteroatoms. The molecule has 1 N–H and O–H groups in total. The summed E-state index contributed by atoms with van der Waals surface area (Å²) in [6.07, 6.45) is 2.82. The predicted molar refractivity (Wildman–Crippen MR) is 115 cm³/mol. The van der Waals surface area contributed by atoms with E-state index in [1.165, 1.54) is 15.9 Å². The maximum atomic E-state index is 12.7. The van der Waals surface area contributed by atoms with E-state index in [2.05, 4.69) is 12.2 Å². The van der Waals surface area contributed by atoms with E-state index >= 15 is 0 Å².